The fourth-order valence-corrected chi connectivity index (χ4v) is 3.31. The number of hydrogen-bond donors (Lipinski definition) is 1. The van der Waals surface area contributed by atoms with Crippen molar-refractivity contribution < 1.29 is 14.3 Å². The van der Waals surface area contributed by atoms with Crippen molar-refractivity contribution in [3.8, 4) is 11.5 Å². The zero-order valence-corrected chi connectivity index (χ0v) is 15.8. The zero-order valence-electron chi connectivity index (χ0n) is 15.0. The van der Waals surface area contributed by atoms with Gasteiger partial charge in [0.1, 0.15) is 0 Å². The number of carbonyl (C=O) groups is 1. The van der Waals surface area contributed by atoms with Crippen LogP contribution in [0.25, 0.3) is 0 Å². The molecule has 1 N–H and O–H groups in total. The Labute approximate surface area is 153 Å². The van der Waals surface area contributed by atoms with Gasteiger partial charge < -0.3 is 14.8 Å². The second-order valence-corrected chi connectivity index (χ2v) is 6.98. The molecular formula is C20H25NO3S. The number of nitrogens with one attached hydrogen (secondary N) is 1. The summed E-state index contributed by atoms with van der Waals surface area (Å²) in [6.07, 6.45) is 0.755. The number of hydrogen-bond acceptors (Lipinski definition) is 4. The van der Waals surface area contributed by atoms with Gasteiger partial charge in [-0.15, -0.1) is 11.8 Å². The molecule has 0 bridgehead atoms. The molecule has 0 aliphatic rings. The Morgan fingerprint density at radius 2 is 1.80 bits per heavy atom. The summed E-state index contributed by atoms with van der Waals surface area (Å²) < 4.78 is 10.5. The van der Waals surface area contributed by atoms with Crippen LogP contribution in [0.1, 0.15) is 23.3 Å². The average Bonchev–Trinajstić information content (AvgIpc) is 2.66. The lowest BCUT2D eigenvalue weighted by Crippen LogP contribution is -2.27. The van der Waals surface area contributed by atoms with E-state index in [-0.39, 0.29) is 5.91 Å². The van der Waals surface area contributed by atoms with Crippen LogP contribution in [-0.2, 0) is 11.2 Å². The Bertz CT molecular complexity index is 676. The lowest BCUT2D eigenvalue weighted by molar-refractivity contribution is -0.118. The van der Waals surface area contributed by atoms with E-state index in [0.29, 0.717) is 29.0 Å². The Kier molecular flexibility index (Phi) is 7.67. The Balaban J connectivity index is 1.73. The average molecular weight is 359 g/mol. The van der Waals surface area contributed by atoms with Gasteiger partial charge in [-0.25, -0.2) is 0 Å². The largest absolute Gasteiger partial charge is 0.493 e. The van der Waals surface area contributed by atoms with Crippen LogP contribution in [0.4, 0.5) is 0 Å². The fraction of sp³-hybridized carbons (Fsp3) is 0.350. The van der Waals surface area contributed by atoms with E-state index in [2.05, 4.69) is 24.4 Å². The second kappa shape index (κ2) is 9.99. The Morgan fingerprint density at radius 3 is 2.48 bits per heavy atom. The van der Waals surface area contributed by atoms with E-state index in [0.717, 1.165) is 12.0 Å². The number of rotatable bonds is 9. The number of methoxy groups -OCH3 is 2. The molecule has 0 aliphatic carbocycles. The van der Waals surface area contributed by atoms with E-state index >= 15 is 0 Å². The van der Waals surface area contributed by atoms with Gasteiger partial charge in [0.25, 0.3) is 0 Å². The number of carbonyl (C=O) groups excluding carboxylic acids is 1. The van der Waals surface area contributed by atoms with Gasteiger partial charge in [-0.05, 0) is 36.6 Å². The van der Waals surface area contributed by atoms with Gasteiger partial charge in [-0.3, -0.25) is 4.79 Å². The molecule has 0 radical (unpaired) electrons. The maximum Gasteiger partial charge on any atom is 0.230 e. The summed E-state index contributed by atoms with van der Waals surface area (Å²) in [6.45, 7) is 2.73. The highest BCUT2D eigenvalue weighted by Crippen LogP contribution is 2.28. The highest BCUT2D eigenvalue weighted by Gasteiger charge is 2.09. The minimum absolute atomic E-state index is 0.0632. The first kappa shape index (κ1) is 19.2. The molecule has 2 aromatic rings. The normalized spacial score (nSPS) is 11.6. The summed E-state index contributed by atoms with van der Waals surface area (Å²) in [6, 6.07) is 16.0. The van der Waals surface area contributed by atoms with Gasteiger partial charge in [0.2, 0.25) is 5.91 Å². The van der Waals surface area contributed by atoms with Gasteiger partial charge in [0.05, 0.1) is 20.0 Å². The third-order valence-electron chi connectivity index (χ3n) is 3.92. The van der Waals surface area contributed by atoms with Crippen molar-refractivity contribution in [3.05, 3.63) is 59.7 Å². The first-order chi connectivity index (χ1) is 12.1. The Hall–Kier alpha value is -2.14. The van der Waals surface area contributed by atoms with Crippen LogP contribution in [0.5, 0.6) is 11.5 Å². The van der Waals surface area contributed by atoms with E-state index in [4.69, 9.17) is 9.47 Å². The van der Waals surface area contributed by atoms with Crippen molar-refractivity contribution in [1.82, 2.24) is 5.32 Å². The molecule has 5 heteroatoms. The standard InChI is InChI=1S/C20H25NO3S/c1-15(17-7-5-4-6-8-17)25-14-20(22)21-12-11-16-9-10-18(23-2)19(13-16)24-3/h4-10,13,15H,11-12,14H2,1-3H3,(H,21,22). The van der Waals surface area contributed by atoms with Crippen molar-refractivity contribution >= 4 is 17.7 Å². The zero-order chi connectivity index (χ0) is 18.1. The molecule has 25 heavy (non-hydrogen) atoms. The predicted molar refractivity (Wildman–Crippen MR) is 104 cm³/mol. The highest BCUT2D eigenvalue weighted by atomic mass is 32.2. The first-order valence-electron chi connectivity index (χ1n) is 8.28. The molecule has 1 atom stereocenters. The smallest absolute Gasteiger partial charge is 0.230 e. The molecule has 4 nitrogen and oxygen atoms in total. The molecule has 0 saturated carbocycles. The van der Waals surface area contributed by atoms with E-state index in [9.17, 15) is 4.79 Å². The molecule has 0 spiro atoms. The minimum atomic E-state index is 0.0632. The van der Waals surface area contributed by atoms with E-state index in [1.54, 1.807) is 26.0 Å². The highest BCUT2D eigenvalue weighted by molar-refractivity contribution is 8.00. The summed E-state index contributed by atoms with van der Waals surface area (Å²) in [5.41, 5.74) is 2.34. The fourth-order valence-electron chi connectivity index (χ4n) is 2.45. The van der Waals surface area contributed by atoms with Gasteiger partial charge in [-0.1, -0.05) is 36.4 Å². The van der Waals surface area contributed by atoms with Gasteiger partial charge >= 0.3 is 0 Å². The molecule has 0 fully saturated rings. The molecule has 2 rings (SSSR count). The van der Waals surface area contributed by atoms with Crippen molar-refractivity contribution in [2.75, 3.05) is 26.5 Å². The lowest BCUT2D eigenvalue weighted by Gasteiger charge is -2.12. The van der Waals surface area contributed by atoms with E-state index in [1.165, 1.54) is 5.56 Å². The van der Waals surface area contributed by atoms with Crippen molar-refractivity contribution in [1.29, 1.82) is 0 Å². The third-order valence-corrected chi connectivity index (χ3v) is 5.12. The molecule has 0 saturated heterocycles. The van der Waals surface area contributed by atoms with Crippen LogP contribution in [0.2, 0.25) is 0 Å². The maximum atomic E-state index is 12.0. The van der Waals surface area contributed by atoms with Gasteiger partial charge in [0.15, 0.2) is 11.5 Å². The molecule has 1 unspecified atom stereocenters. The van der Waals surface area contributed by atoms with Crippen LogP contribution in [0, 0.1) is 0 Å². The van der Waals surface area contributed by atoms with Gasteiger partial charge in [-0.2, -0.15) is 0 Å². The molecule has 1 amide bonds. The minimum Gasteiger partial charge on any atom is -0.493 e. The molecule has 134 valence electrons. The second-order valence-electron chi connectivity index (χ2n) is 5.65. The van der Waals surface area contributed by atoms with Crippen LogP contribution in [0.3, 0.4) is 0 Å². The van der Waals surface area contributed by atoms with E-state index in [1.807, 2.05) is 36.4 Å². The van der Waals surface area contributed by atoms with Gasteiger partial charge in [0, 0.05) is 11.8 Å². The van der Waals surface area contributed by atoms with Crippen molar-refractivity contribution in [3.63, 3.8) is 0 Å². The number of ether oxygens (including phenoxy) is 2. The van der Waals surface area contributed by atoms with Crippen LogP contribution >= 0.6 is 11.8 Å². The number of amides is 1. The topological polar surface area (TPSA) is 47.6 Å². The molecular weight excluding hydrogens is 334 g/mol. The summed E-state index contributed by atoms with van der Waals surface area (Å²) in [4.78, 5) is 12.0. The molecule has 0 heterocycles. The maximum absolute atomic E-state index is 12.0. The summed E-state index contributed by atoms with van der Waals surface area (Å²) in [5.74, 6) is 1.94. The third kappa shape index (κ3) is 6.02. The van der Waals surface area contributed by atoms with Crippen LogP contribution in [0.15, 0.2) is 48.5 Å². The van der Waals surface area contributed by atoms with Crippen LogP contribution < -0.4 is 14.8 Å². The summed E-state index contributed by atoms with van der Waals surface area (Å²) in [5, 5.41) is 3.28. The molecule has 0 aromatic heterocycles. The van der Waals surface area contributed by atoms with Crippen molar-refractivity contribution in [2.24, 2.45) is 0 Å². The summed E-state index contributed by atoms with van der Waals surface area (Å²) in [7, 11) is 3.24. The lowest BCUT2D eigenvalue weighted by atomic mass is 10.1. The van der Waals surface area contributed by atoms with Crippen molar-refractivity contribution in [2.45, 2.75) is 18.6 Å². The number of thioether (sulfide) groups is 1. The first-order valence-corrected chi connectivity index (χ1v) is 9.33. The monoisotopic (exact) mass is 359 g/mol. The quantitative estimate of drug-likeness (QED) is 0.739. The molecule has 2 aromatic carbocycles. The number of benzene rings is 2. The SMILES string of the molecule is COc1ccc(CCNC(=O)CSC(C)c2ccccc2)cc1OC. The Morgan fingerprint density at radius 1 is 1.08 bits per heavy atom. The predicted octanol–water partition coefficient (Wildman–Crippen LogP) is 3.86. The molecule has 0 aliphatic heterocycles. The van der Waals surface area contributed by atoms with Crippen LogP contribution in [-0.4, -0.2) is 32.4 Å². The van der Waals surface area contributed by atoms with E-state index < -0.39 is 0 Å². The summed E-state index contributed by atoms with van der Waals surface area (Å²) >= 11 is 1.65.